The van der Waals surface area contributed by atoms with Gasteiger partial charge in [-0.05, 0) is 0 Å². The number of carbonyl (C=O) groups excluding carboxylic acids is 2. The maximum atomic E-state index is 11.3. The van der Waals surface area contributed by atoms with Gasteiger partial charge in [0.2, 0.25) is 0 Å². The van der Waals surface area contributed by atoms with E-state index in [1.165, 1.54) is 44.7 Å². The molecule has 0 aromatic carbocycles. The number of rotatable bonds is 8. The van der Waals surface area contributed by atoms with E-state index in [1.807, 2.05) is 12.2 Å². The van der Waals surface area contributed by atoms with E-state index in [2.05, 4.69) is 0 Å². The van der Waals surface area contributed by atoms with E-state index < -0.39 is 24.6 Å². The van der Waals surface area contributed by atoms with Gasteiger partial charge in [0.15, 0.2) is 0 Å². The van der Waals surface area contributed by atoms with Gasteiger partial charge in [0.25, 0.3) is 0 Å². The minimum absolute atomic E-state index is 0.344. The van der Waals surface area contributed by atoms with Crippen LogP contribution in [-0.4, -0.2) is 11.6 Å². The van der Waals surface area contributed by atoms with Gasteiger partial charge < -0.3 is 0 Å². The predicted octanol–water partition coefficient (Wildman–Crippen LogP) is 4.82. The maximum absolute atomic E-state index is 11.3. The summed E-state index contributed by atoms with van der Waals surface area (Å²) in [6, 6.07) is 0. The number of allylic oxidation sites excluding steroid dienone is 4. The molecule has 0 saturated heterocycles. The molecule has 0 saturated carbocycles. The second-order valence-corrected chi connectivity index (χ2v) is 14.8. The fraction of sp³-hybridized carbons (Fsp3) is 0.667. The Morgan fingerprint density at radius 3 is 1.67 bits per heavy atom. The predicted molar refractivity (Wildman–Crippen MR) is 82.0 cm³/mol. The van der Waals surface area contributed by atoms with Crippen molar-refractivity contribution in [3.63, 3.8) is 0 Å². The van der Waals surface area contributed by atoms with Crippen LogP contribution in [0.25, 0.3) is 0 Å². The summed E-state index contributed by atoms with van der Waals surface area (Å²) in [4.78, 5) is 22.7. The molecule has 3 heteroatoms. The normalized spacial score (nSPS) is 19.0. The van der Waals surface area contributed by atoms with Crippen LogP contribution >= 0.6 is 0 Å². The molecule has 0 amide bonds. The molecule has 0 heterocycles. The van der Waals surface area contributed by atoms with Gasteiger partial charge >= 0.3 is 141 Å². The Kier molecular flexibility index (Phi) is 7.91. The van der Waals surface area contributed by atoms with Crippen molar-refractivity contribution in [2.45, 2.75) is 72.1 Å². The molecule has 2 nitrogen and oxygen atoms in total. The summed E-state index contributed by atoms with van der Waals surface area (Å²) in [7, 11) is 0. The van der Waals surface area contributed by atoms with Crippen LogP contribution in [0, 0.1) is 0 Å². The van der Waals surface area contributed by atoms with Gasteiger partial charge in [0, 0.05) is 0 Å². The van der Waals surface area contributed by atoms with E-state index in [-0.39, 0.29) is 0 Å². The number of hydrogen-bond acceptors (Lipinski definition) is 2. The fourth-order valence-electron chi connectivity index (χ4n) is 3.35. The Balaban J connectivity index is 1.49. The third-order valence-corrected chi connectivity index (χ3v) is 12.3. The first-order valence-electron chi connectivity index (χ1n) is 8.68. The molecule has 0 atom stereocenters. The molecular weight excluding hydrogens is 449 g/mol. The van der Waals surface area contributed by atoms with Gasteiger partial charge in [0.1, 0.15) is 0 Å². The average molecular weight is 475 g/mol. The van der Waals surface area contributed by atoms with Crippen LogP contribution in [0.3, 0.4) is 0 Å². The number of hydrogen-bond donors (Lipinski definition) is 0. The molecule has 2 aliphatic rings. The van der Waals surface area contributed by atoms with Gasteiger partial charge in [-0.3, -0.25) is 0 Å². The first-order valence-corrected chi connectivity index (χ1v) is 16.5. The zero-order valence-corrected chi connectivity index (χ0v) is 18.7. The van der Waals surface area contributed by atoms with E-state index in [9.17, 15) is 9.59 Å². The van der Waals surface area contributed by atoms with Crippen molar-refractivity contribution in [3.8, 4) is 0 Å². The van der Waals surface area contributed by atoms with E-state index in [0.29, 0.717) is 11.6 Å². The zero-order chi connectivity index (χ0) is 14.9. The second-order valence-electron chi connectivity index (χ2n) is 6.51. The van der Waals surface area contributed by atoms with Crippen molar-refractivity contribution in [1.29, 1.82) is 0 Å². The summed E-state index contributed by atoms with van der Waals surface area (Å²) < 4.78 is 2.98. The third kappa shape index (κ3) is 7.03. The molecule has 0 radical (unpaired) electrons. The van der Waals surface area contributed by atoms with Gasteiger partial charge in [-0.2, -0.15) is 0 Å². The van der Waals surface area contributed by atoms with Crippen molar-refractivity contribution in [3.05, 3.63) is 23.3 Å². The molecule has 0 aliphatic heterocycles. The van der Waals surface area contributed by atoms with Crippen molar-refractivity contribution in [1.82, 2.24) is 0 Å². The van der Waals surface area contributed by atoms with E-state index in [0.717, 1.165) is 38.5 Å². The molecule has 2 aliphatic carbocycles. The van der Waals surface area contributed by atoms with Crippen molar-refractivity contribution in [2.24, 2.45) is 0 Å². The molecule has 21 heavy (non-hydrogen) atoms. The number of ketones is 2. The van der Waals surface area contributed by atoms with Crippen LogP contribution in [0.4, 0.5) is 0 Å². The van der Waals surface area contributed by atoms with Crippen molar-refractivity contribution in [2.75, 3.05) is 0 Å². The average Bonchev–Trinajstić information content (AvgIpc) is 2.46. The quantitative estimate of drug-likeness (QED) is 0.373. The summed E-state index contributed by atoms with van der Waals surface area (Å²) in [6.45, 7) is 0. The fourth-order valence-corrected chi connectivity index (χ4v) is 9.42. The summed E-state index contributed by atoms with van der Waals surface area (Å²) in [5.41, 5.74) is 2.82. The zero-order valence-electron chi connectivity index (χ0n) is 13.2. The summed E-state index contributed by atoms with van der Waals surface area (Å²) in [5, 5.41) is 0. The second kappa shape index (κ2) is 9.71. The van der Waals surface area contributed by atoms with Gasteiger partial charge in [-0.15, -0.1) is 0 Å². The Hall–Kier alpha value is -0.245. The first kappa shape index (κ1) is 17.1. The molecule has 2 rings (SSSR count). The minimum atomic E-state index is -0.660. The van der Waals surface area contributed by atoms with Crippen molar-refractivity contribution < 1.29 is 34.2 Å². The van der Waals surface area contributed by atoms with Gasteiger partial charge in [0.05, 0.1) is 0 Å². The van der Waals surface area contributed by atoms with Crippen molar-refractivity contribution >= 4 is 11.6 Å². The van der Waals surface area contributed by atoms with Crippen LogP contribution in [-0.2, 0) is 34.2 Å². The van der Waals surface area contributed by atoms with Crippen LogP contribution in [0.15, 0.2) is 23.3 Å². The standard InChI is InChI=1S/2C9H13O.Hg/c2*1-2-4-8-5-3-6-9(10)7-8;/h2*7H,1-6H2;. The Morgan fingerprint density at radius 1 is 0.762 bits per heavy atom. The molecule has 0 aromatic heterocycles. The molecule has 112 valence electrons. The van der Waals surface area contributed by atoms with Crippen LogP contribution in [0.5, 0.6) is 0 Å². The summed E-state index contributed by atoms with van der Waals surface area (Å²) in [6.07, 6.45) is 14.8. The van der Waals surface area contributed by atoms with E-state index >= 15 is 0 Å². The number of carbonyl (C=O) groups is 2. The van der Waals surface area contributed by atoms with Crippen LogP contribution in [0.1, 0.15) is 64.2 Å². The molecular formula is C18H26HgO2. The molecule has 0 unspecified atom stereocenters. The first-order chi connectivity index (χ1) is 10.2. The molecule has 0 fully saturated rings. The molecule has 0 N–H and O–H groups in total. The van der Waals surface area contributed by atoms with E-state index in [1.54, 1.807) is 0 Å². The molecule has 0 aromatic rings. The van der Waals surface area contributed by atoms with Crippen LogP contribution < -0.4 is 0 Å². The molecule has 0 spiro atoms. The third-order valence-electron chi connectivity index (χ3n) is 4.57. The van der Waals surface area contributed by atoms with E-state index in [4.69, 9.17) is 0 Å². The summed E-state index contributed by atoms with van der Waals surface area (Å²) >= 11 is -0.660. The Labute approximate surface area is 140 Å². The van der Waals surface area contributed by atoms with Gasteiger partial charge in [-0.1, -0.05) is 0 Å². The SMILES string of the molecule is O=C1C=C(CC[CH2][Hg][CH2]CCC2=CC(=O)CCC2)CCC1. The van der Waals surface area contributed by atoms with Crippen LogP contribution in [0.2, 0.25) is 7.86 Å². The Bertz CT molecular complexity index is 394. The molecule has 0 bridgehead atoms. The monoisotopic (exact) mass is 476 g/mol. The summed E-state index contributed by atoms with van der Waals surface area (Å²) in [5.74, 6) is 0.687. The Morgan fingerprint density at radius 2 is 1.24 bits per heavy atom. The van der Waals surface area contributed by atoms with Gasteiger partial charge in [-0.25, -0.2) is 0 Å². The topological polar surface area (TPSA) is 34.1 Å².